The normalized spacial score (nSPS) is 10.7. The second-order valence-corrected chi connectivity index (χ2v) is 5.68. The highest BCUT2D eigenvalue weighted by molar-refractivity contribution is 6.31. The Morgan fingerprint density at radius 3 is 2.43 bits per heavy atom. The lowest BCUT2D eigenvalue weighted by Gasteiger charge is -2.13. The molecule has 0 saturated carbocycles. The van der Waals surface area contributed by atoms with Crippen LogP contribution in [-0.2, 0) is 13.2 Å². The zero-order chi connectivity index (χ0) is 15.2. The minimum Gasteiger partial charge on any atom is -0.489 e. The average Bonchev–Trinajstić information content (AvgIpc) is 2.45. The van der Waals surface area contributed by atoms with Gasteiger partial charge < -0.3 is 10.1 Å². The van der Waals surface area contributed by atoms with Crippen molar-refractivity contribution >= 4 is 11.6 Å². The Kier molecular flexibility index (Phi) is 5.66. The number of rotatable bonds is 6. The van der Waals surface area contributed by atoms with Gasteiger partial charge in [-0.15, -0.1) is 0 Å². The molecule has 112 valence electrons. The molecule has 0 saturated heterocycles. The minimum atomic E-state index is 0.487. The number of halogens is 1. The van der Waals surface area contributed by atoms with Gasteiger partial charge in [0.25, 0.3) is 0 Å². The van der Waals surface area contributed by atoms with Crippen molar-refractivity contribution in [3.8, 4) is 5.75 Å². The lowest BCUT2D eigenvalue weighted by atomic mass is 10.1. The monoisotopic (exact) mass is 303 g/mol. The van der Waals surface area contributed by atoms with Gasteiger partial charge in [-0.1, -0.05) is 48.4 Å². The van der Waals surface area contributed by atoms with E-state index in [2.05, 4.69) is 37.4 Å². The lowest BCUT2D eigenvalue weighted by Crippen LogP contribution is -2.13. The zero-order valence-corrected chi connectivity index (χ0v) is 13.6. The van der Waals surface area contributed by atoms with Crippen LogP contribution < -0.4 is 10.1 Å². The fraction of sp³-hybridized carbons (Fsp3) is 0.333. The fourth-order valence-electron chi connectivity index (χ4n) is 2.17. The summed E-state index contributed by atoms with van der Waals surface area (Å²) in [5, 5.41) is 4.10. The van der Waals surface area contributed by atoms with Crippen LogP contribution in [0, 0.1) is 13.8 Å². The van der Waals surface area contributed by atoms with E-state index in [0.717, 1.165) is 35.0 Å². The van der Waals surface area contributed by atoms with Crippen LogP contribution in [0.1, 0.15) is 29.2 Å². The summed E-state index contributed by atoms with van der Waals surface area (Å²) in [5.74, 6) is 0.915. The van der Waals surface area contributed by atoms with Crippen molar-refractivity contribution in [1.82, 2.24) is 5.32 Å². The van der Waals surface area contributed by atoms with E-state index in [1.165, 1.54) is 11.1 Å². The molecule has 3 heteroatoms. The first-order chi connectivity index (χ1) is 10.1. The first kappa shape index (κ1) is 15.9. The third kappa shape index (κ3) is 4.48. The molecule has 0 bridgehead atoms. The fourth-order valence-corrected chi connectivity index (χ4v) is 2.46. The van der Waals surface area contributed by atoms with E-state index in [0.29, 0.717) is 6.61 Å². The van der Waals surface area contributed by atoms with Crippen LogP contribution >= 0.6 is 11.6 Å². The molecule has 0 amide bonds. The summed E-state index contributed by atoms with van der Waals surface area (Å²) in [5.41, 5.74) is 4.59. The molecule has 0 aliphatic heterocycles. The largest absolute Gasteiger partial charge is 0.489 e. The summed E-state index contributed by atoms with van der Waals surface area (Å²) in [6.45, 7) is 8.47. The van der Waals surface area contributed by atoms with Gasteiger partial charge in [0.1, 0.15) is 12.4 Å². The van der Waals surface area contributed by atoms with Crippen LogP contribution in [-0.4, -0.2) is 6.54 Å². The lowest BCUT2D eigenvalue weighted by molar-refractivity contribution is 0.302. The molecule has 0 atom stereocenters. The van der Waals surface area contributed by atoms with Crippen molar-refractivity contribution in [2.45, 2.75) is 33.9 Å². The molecule has 0 aliphatic rings. The Labute approximate surface area is 132 Å². The topological polar surface area (TPSA) is 21.3 Å². The maximum absolute atomic E-state index is 6.25. The Balaban J connectivity index is 2.11. The summed E-state index contributed by atoms with van der Waals surface area (Å²) >= 11 is 6.25. The quantitative estimate of drug-likeness (QED) is 0.839. The number of benzene rings is 2. The van der Waals surface area contributed by atoms with Gasteiger partial charge in [-0.2, -0.15) is 0 Å². The molecule has 2 rings (SSSR count). The second kappa shape index (κ2) is 7.48. The molecule has 0 spiro atoms. The van der Waals surface area contributed by atoms with Crippen molar-refractivity contribution in [1.29, 1.82) is 0 Å². The molecule has 21 heavy (non-hydrogen) atoms. The molecule has 1 N–H and O–H groups in total. The molecule has 0 aliphatic carbocycles. The highest BCUT2D eigenvalue weighted by Crippen LogP contribution is 2.24. The Morgan fingerprint density at radius 2 is 1.71 bits per heavy atom. The maximum atomic E-state index is 6.25. The third-order valence-electron chi connectivity index (χ3n) is 3.37. The Morgan fingerprint density at radius 1 is 1.00 bits per heavy atom. The smallest absolute Gasteiger partial charge is 0.124 e. The zero-order valence-electron chi connectivity index (χ0n) is 12.9. The van der Waals surface area contributed by atoms with Gasteiger partial charge in [-0.05, 0) is 38.1 Å². The number of aryl methyl sites for hydroxylation is 2. The van der Waals surface area contributed by atoms with Crippen LogP contribution in [0.4, 0.5) is 0 Å². The molecule has 0 aromatic heterocycles. The van der Waals surface area contributed by atoms with E-state index >= 15 is 0 Å². The highest BCUT2D eigenvalue weighted by atomic mass is 35.5. The second-order valence-electron chi connectivity index (χ2n) is 5.28. The van der Waals surface area contributed by atoms with Crippen molar-refractivity contribution in [3.05, 3.63) is 63.7 Å². The predicted octanol–water partition coefficient (Wildman–Crippen LogP) is 4.65. The van der Waals surface area contributed by atoms with Gasteiger partial charge in [0.15, 0.2) is 0 Å². The van der Waals surface area contributed by atoms with Crippen molar-refractivity contribution in [2.75, 3.05) is 6.54 Å². The van der Waals surface area contributed by atoms with E-state index in [4.69, 9.17) is 16.3 Å². The Hall–Kier alpha value is -1.51. The summed E-state index contributed by atoms with van der Waals surface area (Å²) in [6.07, 6.45) is 0. The van der Waals surface area contributed by atoms with Gasteiger partial charge in [0, 0.05) is 22.7 Å². The standard InChI is InChI=1S/C18H22ClNO/c1-4-20-11-16-9-13(2)6-8-18(16)21-12-15-7-5-14(3)10-17(15)19/h5-10,20H,4,11-12H2,1-3H3. The highest BCUT2D eigenvalue weighted by Gasteiger charge is 2.06. The molecule has 0 unspecified atom stereocenters. The molecular weight excluding hydrogens is 282 g/mol. The Bertz CT molecular complexity index is 610. The van der Waals surface area contributed by atoms with Crippen molar-refractivity contribution in [3.63, 3.8) is 0 Å². The van der Waals surface area contributed by atoms with Gasteiger partial charge in [0.05, 0.1) is 0 Å². The van der Waals surface area contributed by atoms with E-state index in [1.807, 2.05) is 25.1 Å². The molecule has 0 heterocycles. The molecule has 0 radical (unpaired) electrons. The van der Waals surface area contributed by atoms with Crippen LogP contribution in [0.2, 0.25) is 5.02 Å². The summed E-state index contributed by atoms with van der Waals surface area (Å²) in [4.78, 5) is 0. The summed E-state index contributed by atoms with van der Waals surface area (Å²) in [6, 6.07) is 12.3. The molecule has 0 fully saturated rings. The van der Waals surface area contributed by atoms with Gasteiger partial charge in [-0.3, -0.25) is 0 Å². The number of nitrogens with one attached hydrogen (secondary N) is 1. The van der Waals surface area contributed by atoms with Gasteiger partial charge in [-0.25, -0.2) is 0 Å². The number of hydrogen-bond donors (Lipinski definition) is 1. The van der Waals surface area contributed by atoms with E-state index in [-0.39, 0.29) is 0 Å². The third-order valence-corrected chi connectivity index (χ3v) is 3.73. The molecule has 2 aromatic rings. The summed E-state index contributed by atoms with van der Waals surface area (Å²) < 4.78 is 5.97. The first-order valence-corrected chi connectivity index (χ1v) is 7.66. The maximum Gasteiger partial charge on any atom is 0.124 e. The average molecular weight is 304 g/mol. The van der Waals surface area contributed by atoms with Crippen LogP contribution in [0.3, 0.4) is 0 Å². The van der Waals surface area contributed by atoms with Crippen LogP contribution in [0.5, 0.6) is 5.75 Å². The predicted molar refractivity (Wildman–Crippen MR) is 89.1 cm³/mol. The molecular formula is C18H22ClNO. The van der Waals surface area contributed by atoms with E-state index in [1.54, 1.807) is 0 Å². The SMILES string of the molecule is CCNCc1cc(C)ccc1OCc1ccc(C)cc1Cl. The molecule has 2 nitrogen and oxygen atoms in total. The van der Waals surface area contributed by atoms with E-state index < -0.39 is 0 Å². The minimum absolute atomic E-state index is 0.487. The van der Waals surface area contributed by atoms with Crippen molar-refractivity contribution < 1.29 is 4.74 Å². The first-order valence-electron chi connectivity index (χ1n) is 7.28. The number of ether oxygens (including phenoxy) is 1. The molecule has 2 aromatic carbocycles. The van der Waals surface area contributed by atoms with Crippen molar-refractivity contribution in [2.24, 2.45) is 0 Å². The van der Waals surface area contributed by atoms with Crippen LogP contribution in [0.15, 0.2) is 36.4 Å². The van der Waals surface area contributed by atoms with Gasteiger partial charge in [0.2, 0.25) is 0 Å². The van der Waals surface area contributed by atoms with E-state index in [9.17, 15) is 0 Å². The van der Waals surface area contributed by atoms with Gasteiger partial charge >= 0.3 is 0 Å². The summed E-state index contributed by atoms with van der Waals surface area (Å²) in [7, 11) is 0. The van der Waals surface area contributed by atoms with Crippen LogP contribution in [0.25, 0.3) is 0 Å². The number of hydrogen-bond acceptors (Lipinski definition) is 2.